The van der Waals surface area contributed by atoms with Crippen LogP contribution in [0.3, 0.4) is 0 Å². The SMILES string of the molecule is Cc1cn[nH]c1-c1nc(C(=O)NC(C)CO)cc(-c2ccc(OC(F)(F)F)cc2)n1. The van der Waals surface area contributed by atoms with E-state index in [4.69, 9.17) is 5.11 Å². The highest BCUT2D eigenvalue weighted by atomic mass is 19.4. The lowest BCUT2D eigenvalue weighted by atomic mass is 10.1. The number of carbonyl (C=O) groups is 1. The highest BCUT2D eigenvalue weighted by Crippen LogP contribution is 2.27. The maximum Gasteiger partial charge on any atom is 0.573 e. The Kier molecular flexibility index (Phi) is 6.01. The number of amides is 1. The Morgan fingerprint density at radius 2 is 1.97 bits per heavy atom. The summed E-state index contributed by atoms with van der Waals surface area (Å²) in [5.41, 5.74) is 2.04. The molecule has 1 unspecified atom stereocenters. The van der Waals surface area contributed by atoms with Gasteiger partial charge in [-0.1, -0.05) is 0 Å². The van der Waals surface area contributed by atoms with E-state index in [0.717, 1.165) is 17.7 Å². The lowest BCUT2D eigenvalue weighted by Crippen LogP contribution is -2.35. The van der Waals surface area contributed by atoms with Crippen molar-refractivity contribution in [3.63, 3.8) is 0 Å². The summed E-state index contributed by atoms with van der Waals surface area (Å²) in [7, 11) is 0. The van der Waals surface area contributed by atoms with Gasteiger partial charge in [-0.15, -0.1) is 13.2 Å². The molecule has 3 aromatic rings. The van der Waals surface area contributed by atoms with Crippen molar-refractivity contribution >= 4 is 5.91 Å². The zero-order valence-electron chi connectivity index (χ0n) is 16.0. The third-order valence-electron chi connectivity index (χ3n) is 4.05. The number of hydrogen-bond donors (Lipinski definition) is 3. The first-order valence-electron chi connectivity index (χ1n) is 8.83. The number of carbonyl (C=O) groups excluding carboxylic acids is 1. The maximum atomic E-state index is 12.5. The number of aryl methyl sites for hydroxylation is 1. The third-order valence-corrected chi connectivity index (χ3v) is 4.05. The Balaban J connectivity index is 2.02. The first-order chi connectivity index (χ1) is 14.2. The van der Waals surface area contributed by atoms with E-state index < -0.39 is 18.3 Å². The molecular formula is C19H18F3N5O3. The number of aliphatic hydroxyl groups is 1. The summed E-state index contributed by atoms with van der Waals surface area (Å²) >= 11 is 0. The van der Waals surface area contributed by atoms with Crippen molar-refractivity contribution < 1.29 is 27.8 Å². The quantitative estimate of drug-likeness (QED) is 0.564. The Bertz CT molecular complexity index is 1030. The number of benzene rings is 1. The van der Waals surface area contributed by atoms with Gasteiger partial charge in [0, 0.05) is 11.6 Å². The van der Waals surface area contributed by atoms with Crippen LogP contribution >= 0.6 is 0 Å². The molecule has 0 bridgehead atoms. The molecule has 0 spiro atoms. The summed E-state index contributed by atoms with van der Waals surface area (Å²) < 4.78 is 41.0. The molecule has 0 saturated heterocycles. The van der Waals surface area contributed by atoms with Crippen LogP contribution in [0.25, 0.3) is 22.8 Å². The summed E-state index contributed by atoms with van der Waals surface area (Å²) in [6, 6.07) is 6.01. The minimum Gasteiger partial charge on any atom is -0.406 e. The van der Waals surface area contributed by atoms with Gasteiger partial charge in [-0.2, -0.15) is 5.10 Å². The van der Waals surface area contributed by atoms with Gasteiger partial charge in [-0.25, -0.2) is 9.97 Å². The number of aliphatic hydroxyl groups excluding tert-OH is 1. The molecule has 0 fully saturated rings. The zero-order valence-corrected chi connectivity index (χ0v) is 16.0. The van der Waals surface area contributed by atoms with Gasteiger partial charge < -0.3 is 15.2 Å². The van der Waals surface area contributed by atoms with Crippen LogP contribution in [0.1, 0.15) is 23.0 Å². The van der Waals surface area contributed by atoms with E-state index in [0.29, 0.717) is 17.0 Å². The second kappa shape index (κ2) is 8.49. The molecule has 0 aliphatic rings. The second-order valence-corrected chi connectivity index (χ2v) is 6.52. The van der Waals surface area contributed by atoms with Gasteiger partial charge in [0.1, 0.15) is 17.1 Å². The number of aromatic amines is 1. The molecule has 2 heterocycles. The Morgan fingerprint density at radius 3 is 2.53 bits per heavy atom. The Morgan fingerprint density at radius 1 is 1.27 bits per heavy atom. The van der Waals surface area contributed by atoms with Gasteiger partial charge in [0.25, 0.3) is 5.91 Å². The average Bonchev–Trinajstić information content (AvgIpc) is 3.12. The van der Waals surface area contributed by atoms with Gasteiger partial charge in [0.2, 0.25) is 0 Å². The normalized spacial score (nSPS) is 12.5. The predicted molar refractivity (Wildman–Crippen MR) is 100 cm³/mol. The number of alkyl halides is 3. The zero-order chi connectivity index (χ0) is 21.9. The van der Waals surface area contributed by atoms with E-state index in [-0.39, 0.29) is 23.9 Å². The second-order valence-electron chi connectivity index (χ2n) is 6.52. The van der Waals surface area contributed by atoms with Crippen molar-refractivity contribution in [3.05, 3.63) is 47.8 Å². The van der Waals surface area contributed by atoms with E-state index in [2.05, 4.69) is 30.2 Å². The topological polar surface area (TPSA) is 113 Å². The largest absolute Gasteiger partial charge is 0.573 e. The smallest absolute Gasteiger partial charge is 0.406 e. The fourth-order valence-electron chi connectivity index (χ4n) is 2.57. The maximum absolute atomic E-state index is 12.5. The molecule has 158 valence electrons. The highest BCUT2D eigenvalue weighted by Gasteiger charge is 2.31. The molecule has 3 N–H and O–H groups in total. The van der Waals surface area contributed by atoms with Crippen molar-refractivity contribution in [1.29, 1.82) is 0 Å². The van der Waals surface area contributed by atoms with E-state index in [9.17, 15) is 18.0 Å². The fourth-order valence-corrected chi connectivity index (χ4v) is 2.57. The molecule has 8 nitrogen and oxygen atoms in total. The molecule has 0 saturated carbocycles. The molecule has 0 radical (unpaired) electrons. The van der Waals surface area contributed by atoms with Crippen LogP contribution in [0, 0.1) is 6.92 Å². The first-order valence-corrected chi connectivity index (χ1v) is 8.83. The molecule has 11 heteroatoms. The summed E-state index contributed by atoms with van der Waals surface area (Å²) in [6.45, 7) is 3.15. The predicted octanol–water partition coefficient (Wildman–Crippen LogP) is 2.85. The molecule has 1 atom stereocenters. The number of hydrogen-bond acceptors (Lipinski definition) is 6. The van der Waals surface area contributed by atoms with Crippen LogP contribution in [0.4, 0.5) is 13.2 Å². The lowest BCUT2D eigenvalue weighted by molar-refractivity contribution is -0.274. The molecule has 0 aliphatic carbocycles. The molecule has 2 aromatic heterocycles. The van der Waals surface area contributed by atoms with Crippen molar-refractivity contribution in [2.75, 3.05) is 6.61 Å². The van der Waals surface area contributed by atoms with E-state index >= 15 is 0 Å². The van der Waals surface area contributed by atoms with Crippen LogP contribution in [0.5, 0.6) is 5.75 Å². The van der Waals surface area contributed by atoms with E-state index in [1.165, 1.54) is 18.2 Å². The van der Waals surface area contributed by atoms with Crippen molar-refractivity contribution in [3.8, 4) is 28.5 Å². The fraction of sp³-hybridized carbons (Fsp3) is 0.263. The lowest BCUT2D eigenvalue weighted by Gasteiger charge is -2.13. The highest BCUT2D eigenvalue weighted by molar-refractivity contribution is 5.94. The van der Waals surface area contributed by atoms with Gasteiger partial charge in [0.05, 0.1) is 18.5 Å². The summed E-state index contributed by atoms with van der Waals surface area (Å²) in [5.74, 6) is -0.713. The number of ether oxygens (including phenoxy) is 1. The number of rotatable bonds is 6. The van der Waals surface area contributed by atoms with Crippen molar-refractivity contribution in [2.45, 2.75) is 26.3 Å². The molecular weight excluding hydrogens is 403 g/mol. The standard InChI is InChI=1S/C19H18F3N5O3/c1-10-8-23-27-16(10)17-25-14(7-15(26-17)18(29)24-11(2)9-28)12-3-5-13(6-4-12)30-19(20,21)22/h3-8,11,28H,9H2,1-2H3,(H,23,27)(H,24,29). The van der Waals surface area contributed by atoms with Gasteiger partial charge >= 0.3 is 6.36 Å². The number of nitrogens with zero attached hydrogens (tertiary/aromatic N) is 3. The van der Waals surface area contributed by atoms with Gasteiger partial charge in [-0.05, 0) is 49.7 Å². The van der Waals surface area contributed by atoms with Crippen LogP contribution in [0.2, 0.25) is 0 Å². The van der Waals surface area contributed by atoms with Crippen LogP contribution in [-0.4, -0.2) is 50.2 Å². The van der Waals surface area contributed by atoms with Crippen molar-refractivity contribution in [1.82, 2.24) is 25.5 Å². The molecule has 1 aromatic carbocycles. The van der Waals surface area contributed by atoms with Crippen LogP contribution in [-0.2, 0) is 0 Å². The minimum atomic E-state index is -4.80. The van der Waals surface area contributed by atoms with E-state index in [1.807, 2.05) is 0 Å². The molecule has 0 aliphatic heterocycles. The molecule has 1 amide bonds. The average molecular weight is 421 g/mol. The molecule has 3 rings (SSSR count). The summed E-state index contributed by atoms with van der Waals surface area (Å²) in [5, 5.41) is 18.4. The Labute approximate surface area is 169 Å². The number of H-pyrrole nitrogens is 1. The van der Waals surface area contributed by atoms with Gasteiger partial charge in [-0.3, -0.25) is 9.89 Å². The van der Waals surface area contributed by atoms with Crippen molar-refractivity contribution in [2.24, 2.45) is 0 Å². The Hall–Kier alpha value is -3.47. The van der Waals surface area contributed by atoms with Crippen LogP contribution < -0.4 is 10.1 Å². The number of nitrogens with one attached hydrogen (secondary N) is 2. The number of halogens is 3. The monoisotopic (exact) mass is 421 g/mol. The summed E-state index contributed by atoms with van der Waals surface area (Å²) in [4.78, 5) is 21.2. The minimum absolute atomic E-state index is 0.0277. The van der Waals surface area contributed by atoms with Gasteiger partial charge in [0.15, 0.2) is 5.82 Å². The van der Waals surface area contributed by atoms with E-state index in [1.54, 1.807) is 20.0 Å². The molecule has 30 heavy (non-hydrogen) atoms. The number of aromatic nitrogens is 4. The third kappa shape index (κ3) is 5.11. The van der Waals surface area contributed by atoms with Crippen LogP contribution in [0.15, 0.2) is 36.5 Å². The summed E-state index contributed by atoms with van der Waals surface area (Å²) in [6.07, 6.45) is -3.22. The first kappa shape index (κ1) is 21.2.